The maximum absolute atomic E-state index is 5.59. The van der Waals surface area contributed by atoms with E-state index < -0.39 is 0 Å². The lowest BCUT2D eigenvalue weighted by atomic mass is 9.89. The second kappa shape index (κ2) is 7.82. The van der Waals surface area contributed by atoms with Gasteiger partial charge in [-0.25, -0.2) is 0 Å². The van der Waals surface area contributed by atoms with Gasteiger partial charge in [0.1, 0.15) is 0 Å². The molecule has 3 atom stereocenters. The van der Waals surface area contributed by atoms with Gasteiger partial charge in [0.25, 0.3) is 0 Å². The quantitative estimate of drug-likeness (QED) is 0.626. The molecule has 0 bridgehead atoms. The fraction of sp³-hybridized carbons (Fsp3) is 0.632. The van der Waals surface area contributed by atoms with E-state index in [1.54, 1.807) is 7.11 Å². The highest BCUT2D eigenvalue weighted by Gasteiger charge is 2.38. The lowest BCUT2D eigenvalue weighted by Gasteiger charge is -2.28. The number of ether oxygens (including phenoxy) is 1. The number of guanidine groups is 1. The van der Waals surface area contributed by atoms with E-state index in [9.17, 15) is 0 Å². The SMILES string of the molecule is CCNC(=NCC(OC)C(C)(C)C)NC1CC1c1ccccc1. The summed E-state index contributed by atoms with van der Waals surface area (Å²) in [4.78, 5) is 4.73. The summed E-state index contributed by atoms with van der Waals surface area (Å²) in [6.07, 6.45) is 1.28. The van der Waals surface area contributed by atoms with Crippen LogP contribution in [0.5, 0.6) is 0 Å². The summed E-state index contributed by atoms with van der Waals surface area (Å²) in [5.41, 5.74) is 1.49. The van der Waals surface area contributed by atoms with Gasteiger partial charge in [-0.3, -0.25) is 4.99 Å². The molecule has 0 saturated heterocycles. The lowest BCUT2D eigenvalue weighted by Crippen LogP contribution is -2.40. The second-order valence-electron chi connectivity index (χ2n) is 7.31. The molecule has 1 aromatic rings. The van der Waals surface area contributed by atoms with Crippen LogP contribution >= 0.6 is 0 Å². The van der Waals surface area contributed by atoms with Crippen LogP contribution in [0.1, 0.15) is 45.6 Å². The molecule has 0 aromatic heterocycles. The summed E-state index contributed by atoms with van der Waals surface area (Å²) in [6, 6.07) is 11.2. The molecule has 0 heterocycles. The number of hydrogen-bond acceptors (Lipinski definition) is 2. The zero-order valence-electron chi connectivity index (χ0n) is 15.1. The molecule has 4 heteroatoms. The Morgan fingerprint density at radius 1 is 1.30 bits per heavy atom. The first-order chi connectivity index (χ1) is 11.0. The van der Waals surface area contributed by atoms with Crippen LogP contribution in [0.15, 0.2) is 35.3 Å². The van der Waals surface area contributed by atoms with Gasteiger partial charge in [0.2, 0.25) is 0 Å². The fourth-order valence-corrected chi connectivity index (χ4v) is 2.79. The standard InChI is InChI=1S/C19H31N3O/c1-6-20-18(21-13-17(23-5)19(2,3)4)22-16-12-15(16)14-10-8-7-9-11-14/h7-11,15-17H,6,12-13H2,1-5H3,(H2,20,21,22). The molecule has 1 aliphatic carbocycles. The average Bonchev–Trinajstić information content (AvgIpc) is 3.27. The molecule has 0 radical (unpaired) electrons. The largest absolute Gasteiger partial charge is 0.379 e. The first kappa shape index (κ1) is 17.8. The van der Waals surface area contributed by atoms with E-state index >= 15 is 0 Å². The minimum atomic E-state index is 0.0850. The minimum absolute atomic E-state index is 0.0850. The molecule has 0 spiro atoms. The van der Waals surface area contributed by atoms with Crippen molar-refractivity contribution in [3.8, 4) is 0 Å². The van der Waals surface area contributed by atoms with Crippen molar-refractivity contribution in [1.82, 2.24) is 10.6 Å². The number of rotatable bonds is 6. The van der Waals surface area contributed by atoms with Crippen LogP contribution in [0.2, 0.25) is 0 Å². The molecule has 23 heavy (non-hydrogen) atoms. The smallest absolute Gasteiger partial charge is 0.191 e. The Morgan fingerprint density at radius 3 is 2.57 bits per heavy atom. The van der Waals surface area contributed by atoms with E-state index in [1.807, 2.05) is 0 Å². The number of hydrogen-bond donors (Lipinski definition) is 2. The Kier molecular flexibility index (Phi) is 6.05. The van der Waals surface area contributed by atoms with E-state index in [4.69, 9.17) is 9.73 Å². The van der Waals surface area contributed by atoms with Crippen molar-refractivity contribution >= 4 is 5.96 Å². The van der Waals surface area contributed by atoms with Gasteiger partial charge in [-0.15, -0.1) is 0 Å². The third-order valence-corrected chi connectivity index (χ3v) is 4.35. The molecule has 1 aliphatic rings. The summed E-state index contributed by atoms with van der Waals surface area (Å²) < 4.78 is 5.59. The molecule has 0 amide bonds. The first-order valence-corrected chi connectivity index (χ1v) is 8.58. The zero-order valence-corrected chi connectivity index (χ0v) is 15.1. The van der Waals surface area contributed by atoms with Crippen LogP contribution in [0, 0.1) is 5.41 Å². The molecule has 1 fully saturated rings. The molecule has 2 N–H and O–H groups in total. The molecule has 4 nitrogen and oxygen atoms in total. The van der Waals surface area contributed by atoms with E-state index in [-0.39, 0.29) is 11.5 Å². The maximum Gasteiger partial charge on any atom is 0.191 e. The Hall–Kier alpha value is -1.55. The van der Waals surface area contributed by atoms with E-state index in [2.05, 4.69) is 68.7 Å². The van der Waals surface area contributed by atoms with Gasteiger partial charge in [-0.1, -0.05) is 51.1 Å². The van der Waals surface area contributed by atoms with Crippen molar-refractivity contribution in [2.24, 2.45) is 10.4 Å². The van der Waals surface area contributed by atoms with Gasteiger partial charge in [0.05, 0.1) is 12.6 Å². The Labute approximate surface area is 140 Å². The van der Waals surface area contributed by atoms with Crippen molar-refractivity contribution in [2.75, 3.05) is 20.2 Å². The van der Waals surface area contributed by atoms with E-state index in [0.29, 0.717) is 18.5 Å². The highest BCUT2D eigenvalue weighted by atomic mass is 16.5. The molecule has 1 saturated carbocycles. The van der Waals surface area contributed by atoms with Crippen LogP contribution < -0.4 is 10.6 Å². The summed E-state index contributed by atoms with van der Waals surface area (Å²) in [5, 5.41) is 6.89. The third kappa shape index (κ3) is 5.24. The van der Waals surface area contributed by atoms with E-state index in [1.165, 1.54) is 12.0 Å². The zero-order chi connectivity index (χ0) is 16.9. The molecule has 3 unspecified atom stereocenters. The van der Waals surface area contributed by atoms with Crippen molar-refractivity contribution in [2.45, 2.75) is 52.2 Å². The van der Waals surface area contributed by atoms with Crippen LogP contribution in [0.3, 0.4) is 0 Å². The molecule has 128 valence electrons. The highest BCUT2D eigenvalue weighted by molar-refractivity contribution is 5.80. The molecule has 0 aliphatic heterocycles. The van der Waals surface area contributed by atoms with Crippen LogP contribution in [0.25, 0.3) is 0 Å². The monoisotopic (exact) mass is 317 g/mol. The van der Waals surface area contributed by atoms with Crippen LogP contribution in [0.4, 0.5) is 0 Å². The van der Waals surface area contributed by atoms with Gasteiger partial charge < -0.3 is 15.4 Å². The Balaban J connectivity index is 1.93. The normalized spacial score (nSPS) is 22.6. The van der Waals surface area contributed by atoms with Crippen molar-refractivity contribution in [3.05, 3.63) is 35.9 Å². The summed E-state index contributed by atoms with van der Waals surface area (Å²) in [6.45, 7) is 10.2. The third-order valence-electron chi connectivity index (χ3n) is 4.35. The number of methoxy groups -OCH3 is 1. The number of nitrogens with zero attached hydrogens (tertiary/aromatic N) is 1. The van der Waals surface area contributed by atoms with Crippen molar-refractivity contribution in [3.63, 3.8) is 0 Å². The number of benzene rings is 1. The topological polar surface area (TPSA) is 45.7 Å². The molecule has 2 rings (SSSR count). The van der Waals surface area contributed by atoms with Gasteiger partial charge in [-0.2, -0.15) is 0 Å². The van der Waals surface area contributed by atoms with Gasteiger partial charge in [-0.05, 0) is 24.3 Å². The molecular weight excluding hydrogens is 286 g/mol. The van der Waals surface area contributed by atoms with Gasteiger partial charge in [0.15, 0.2) is 5.96 Å². The number of aliphatic imine (C=N–C) groups is 1. The summed E-state index contributed by atoms with van der Waals surface area (Å²) in [5.74, 6) is 1.49. The Bertz CT molecular complexity index is 507. The predicted octanol–water partition coefficient (Wildman–Crippen LogP) is 3.16. The predicted molar refractivity (Wildman–Crippen MR) is 97.0 cm³/mol. The average molecular weight is 317 g/mol. The highest BCUT2D eigenvalue weighted by Crippen LogP contribution is 2.40. The lowest BCUT2D eigenvalue weighted by molar-refractivity contribution is 0.0241. The van der Waals surface area contributed by atoms with E-state index in [0.717, 1.165) is 12.5 Å². The minimum Gasteiger partial charge on any atom is -0.379 e. The van der Waals surface area contributed by atoms with Gasteiger partial charge in [0, 0.05) is 25.6 Å². The van der Waals surface area contributed by atoms with Crippen LogP contribution in [-0.4, -0.2) is 38.3 Å². The van der Waals surface area contributed by atoms with Crippen molar-refractivity contribution < 1.29 is 4.74 Å². The van der Waals surface area contributed by atoms with Crippen molar-refractivity contribution in [1.29, 1.82) is 0 Å². The number of nitrogens with one attached hydrogen (secondary N) is 2. The second-order valence-corrected chi connectivity index (χ2v) is 7.31. The maximum atomic E-state index is 5.59. The molecule has 1 aromatic carbocycles. The first-order valence-electron chi connectivity index (χ1n) is 8.58. The Morgan fingerprint density at radius 2 is 2.00 bits per heavy atom. The molecular formula is C19H31N3O. The van der Waals surface area contributed by atoms with Gasteiger partial charge >= 0.3 is 0 Å². The summed E-state index contributed by atoms with van der Waals surface area (Å²) >= 11 is 0. The summed E-state index contributed by atoms with van der Waals surface area (Å²) in [7, 11) is 1.76. The van der Waals surface area contributed by atoms with Crippen LogP contribution in [-0.2, 0) is 4.74 Å². The fourth-order valence-electron chi connectivity index (χ4n) is 2.79.